The van der Waals surface area contributed by atoms with Crippen molar-refractivity contribution in [2.45, 2.75) is 84.7 Å². The van der Waals surface area contributed by atoms with Gasteiger partial charge in [-0.25, -0.2) is 0 Å². The van der Waals surface area contributed by atoms with Gasteiger partial charge in [0.15, 0.2) is 5.78 Å². The highest BCUT2D eigenvalue weighted by Gasteiger charge is 2.59. The SMILES string of the molecule is COC(=O)CC(=O)OCC(=O)[C@H]1CC[C@H]2[C@@H]3CC=C4C[C@@H](OC(C)=O)CC[C@]4(C)[C@H]3CC[C@]12C. The lowest BCUT2D eigenvalue weighted by atomic mass is 9.47. The predicted molar refractivity (Wildman–Crippen MR) is 123 cm³/mol. The quantitative estimate of drug-likeness (QED) is 0.247. The Hall–Kier alpha value is -2.18. The molecule has 0 aromatic rings. The summed E-state index contributed by atoms with van der Waals surface area (Å²) < 4.78 is 15.1. The lowest BCUT2D eigenvalue weighted by Gasteiger charge is -2.58. The summed E-state index contributed by atoms with van der Waals surface area (Å²) in [5.74, 6) is -0.0903. The number of ether oxygens (including phenoxy) is 3. The Balaban J connectivity index is 1.43. The minimum atomic E-state index is -0.717. The third-order valence-electron chi connectivity index (χ3n) is 9.67. The van der Waals surface area contributed by atoms with Crippen LogP contribution in [0, 0.1) is 34.5 Å². The summed E-state index contributed by atoms with van der Waals surface area (Å²) >= 11 is 0. The number of ketones is 1. The van der Waals surface area contributed by atoms with Gasteiger partial charge in [-0.1, -0.05) is 25.5 Å². The van der Waals surface area contributed by atoms with E-state index < -0.39 is 18.4 Å². The van der Waals surface area contributed by atoms with E-state index in [1.807, 2.05) is 0 Å². The fourth-order valence-electron chi connectivity index (χ4n) is 7.99. The summed E-state index contributed by atoms with van der Waals surface area (Å²) in [5.41, 5.74) is 1.52. The Morgan fingerprint density at radius 1 is 1.00 bits per heavy atom. The Morgan fingerprint density at radius 3 is 2.47 bits per heavy atom. The van der Waals surface area contributed by atoms with Crippen LogP contribution in [0.5, 0.6) is 0 Å². The number of carbonyl (C=O) groups excluding carboxylic acids is 4. The summed E-state index contributed by atoms with van der Waals surface area (Å²) in [5, 5.41) is 0. The van der Waals surface area contributed by atoms with Crippen LogP contribution >= 0.6 is 0 Å². The van der Waals surface area contributed by atoms with Crippen molar-refractivity contribution in [2.75, 3.05) is 13.7 Å². The molecule has 4 aliphatic rings. The molecule has 188 valence electrons. The number of Topliss-reactive ketones (excluding diaryl/α,β-unsaturated/α-hetero) is 1. The largest absolute Gasteiger partial charge is 0.469 e. The number of esters is 3. The second-order valence-corrected chi connectivity index (χ2v) is 11.3. The number of allylic oxidation sites excluding steroid dienone is 1. The van der Waals surface area contributed by atoms with Crippen molar-refractivity contribution in [2.24, 2.45) is 34.5 Å². The molecule has 3 saturated carbocycles. The fraction of sp³-hybridized carbons (Fsp3) is 0.778. The third kappa shape index (κ3) is 4.42. The average molecular weight is 475 g/mol. The van der Waals surface area contributed by atoms with Gasteiger partial charge in [-0.2, -0.15) is 0 Å². The average Bonchev–Trinajstić information content (AvgIpc) is 3.14. The van der Waals surface area contributed by atoms with Gasteiger partial charge in [0.25, 0.3) is 0 Å². The molecule has 7 atom stereocenters. The minimum absolute atomic E-state index is 0.00222. The lowest BCUT2D eigenvalue weighted by Crippen LogP contribution is -2.51. The van der Waals surface area contributed by atoms with Crippen molar-refractivity contribution in [3.05, 3.63) is 11.6 Å². The zero-order valence-electron chi connectivity index (χ0n) is 20.9. The molecule has 7 nitrogen and oxygen atoms in total. The van der Waals surface area contributed by atoms with E-state index in [0.717, 1.165) is 51.4 Å². The molecule has 0 N–H and O–H groups in total. The standard InChI is InChI=1S/C27H38O7/c1-16(28)34-18-9-11-26(2)17(13-18)5-6-19-20-7-8-22(27(20,3)12-10-21(19)26)23(29)15-33-25(31)14-24(30)32-4/h5,18-22H,6-15H2,1-4H3/t18-,19-,20-,21-,22+,26-,27-/m0/s1. The topological polar surface area (TPSA) is 96.0 Å². The molecule has 0 aromatic carbocycles. The van der Waals surface area contributed by atoms with Gasteiger partial charge in [0, 0.05) is 19.3 Å². The van der Waals surface area contributed by atoms with Crippen LogP contribution in [0.2, 0.25) is 0 Å². The van der Waals surface area contributed by atoms with E-state index in [4.69, 9.17) is 9.47 Å². The van der Waals surface area contributed by atoms with Gasteiger partial charge in [-0.3, -0.25) is 19.2 Å². The zero-order chi connectivity index (χ0) is 24.7. The maximum Gasteiger partial charge on any atom is 0.317 e. The molecule has 0 aliphatic heterocycles. The molecule has 0 bridgehead atoms. The molecule has 0 heterocycles. The van der Waals surface area contributed by atoms with E-state index in [9.17, 15) is 19.2 Å². The van der Waals surface area contributed by atoms with Crippen LogP contribution in [0.15, 0.2) is 11.6 Å². The summed E-state index contributed by atoms with van der Waals surface area (Å²) in [6.45, 7) is 5.88. The highest BCUT2D eigenvalue weighted by atomic mass is 16.6. The summed E-state index contributed by atoms with van der Waals surface area (Å²) in [7, 11) is 1.21. The molecule has 34 heavy (non-hydrogen) atoms. The first-order chi connectivity index (χ1) is 16.1. The van der Waals surface area contributed by atoms with Gasteiger partial charge in [0.1, 0.15) is 19.1 Å². The van der Waals surface area contributed by atoms with Crippen LogP contribution in [0.3, 0.4) is 0 Å². The normalized spacial score (nSPS) is 38.5. The maximum atomic E-state index is 13.1. The third-order valence-corrected chi connectivity index (χ3v) is 9.67. The lowest BCUT2D eigenvalue weighted by molar-refractivity contribution is -0.156. The molecular formula is C27H38O7. The Morgan fingerprint density at radius 2 is 1.76 bits per heavy atom. The van der Waals surface area contributed by atoms with Gasteiger partial charge in [-0.15, -0.1) is 0 Å². The summed E-state index contributed by atoms with van der Waals surface area (Å²) in [4.78, 5) is 47.6. The number of rotatable bonds is 6. The minimum Gasteiger partial charge on any atom is -0.469 e. The van der Waals surface area contributed by atoms with Gasteiger partial charge in [0.2, 0.25) is 0 Å². The molecule has 0 saturated heterocycles. The molecule has 0 unspecified atom stereocenters. The van der Waals surface area contributed by atoms with Crippen molar-refractivity contribution in [1.29, 1.82) is 0 Å². The number of methoxy groups -OCH3 is 1. The zero-order valence-corrected chi connectivity index (χ0v) is 20.9. The van der Waals surface area contributed by atoms with E-state index in [-0.39, 0.29) is 41.2 Å². The Kier molecular flexibility index (Phi) is 6.94. The van der Waals surface area contributed by atoms with E-state index in [1.54, 1.807) is 0 Å². The molecule has 4 rings (SSSR count). The van der Waals surface area contributed by atoms with Gasteiger partial charge in [-0.05, 0) is 73.5 Å². The molecule has 4 aliphatic carbocycles. The molecule has 0 aromatic heterocycles. The van der Waals surface area contributed by atoms with Crippen LogP contribution in [-0.2, 0) is 33.4 Å². The second kappa shape index (κ2) is 9.46. The van der Waals surface area contributed by atoms with E-state index >= 15 is 0 Å². The van der Waals surface area contributed by atoms with Crippen LogP contribution in [-0.4, -0.2) is 43.5 Å². The van der Waals surface area contributed by atoms with E-state index in [0.29, 0.717) is 17.8 Å². The second-order valence-electron chi connectivity index (χ2n) is 11.3. The van der Waals surface area contributed by atoms with Crippen LogP contribution in [0.1, 0.15) is 78.6 Å². The van der Waals surface area contributed by atoms with Crippen molar-refractivity contribution < 1.29 is 33.4 Å². The first kappa shape index (κ1) is 24.9. The smallest absolute Gasteiger partial charge is 0.317 e. The molecule has 0 radical (unpaired) electrons. The van der Waals surface area contributed by atoms with Crippen molar-refractivity contribution >= 4 is 23.7 Å². The number of fused-ring (bicyclic) bond motifs is 5. The first-order valence-electron chi connectivity index (χ1n) is 12.7. The first-order valence-corrected chi connectivity index (χ1v) is 12.7. The van der Waals surface area contributed by atoms with Gasteiger partial charge >= 0.3 is 17.9 Å². The maximum absolute atomic E-state index is 13.1. The van der Waals surface area contributed by atoms with Gasteiger partial charge < -0.3 is 14.2 Å². The monoisotopic (exact) mass is 474 g/mol. The van der Waals surface area contributed by atoms with Gasteiger partial charge in [0.05, 0.1) is 7.11 Å². The van der Waals surface area contributed by atoms with Crippen molar-refractivity contribution in [1.82, 2.24) is 0 Å². The van der Waals surface area contributed by atoms with Crippen molar-refractivity contribution in [3.63, 3.8) is 0 Å². The Bertz CT molecular complexity index is 891. The molecule has 7 heteroatoms. The number of hydrogen-bond donors (Lipinski definition) is 0. The van der Waals surface area contributed by atoms with Crippen molar-refractivity contribution in [3.8, 4) is 0 Å². The molecule has 0 amide bonds. The van der Waals surface area contributed by atoms with Crippen LogP contribution in [0.4, 0.5) is 0 Å². The fourth-order valence-corrected chi connectivity index (χ4v) is 7.99. The number of hydrogen-bond acceptors (Lipinski definition) is 7. The highest BCUT2D eigenvalue weighted by Crippen LogP contribution is 2.66. The summed E-state index contributed by atoms with van der Waals surface area (Å²) in [6, 6.07) is 0. The predicted octanol–water partition coefficient (Wildman–Crippen LogP) is 4.17. The van der Waals surface area contributed by atoms with E-state index in [1.165, 1.54) is 19.6 Å². The summed E-state index contributed by atoms with van der Waals surface area (Å²) in [6.07, 6.45) is 9.72. The molecular weight excluding hydrogens is 436 g/mol. The highest BCUT2D eigenvalue weighted by molar-refractivity contribution is 5.92. The Labute approximate surface area is 202 Å². The van der Waals surface area contributed by atoms with Crippen LogP contribution in [0.25, 0.3) is 0 Å². The molecule has 0 spiro atoms. The molecule has 3 fully saturated rings. The van der Waals surface area contributed by atoms with E-state index in [2.05, 4.69) is 24.7 Å². The van der Waals surface area contributed by atoms with Crippen LogP contribution < -0.4 is 0 Å². The number of carbonyl (C=O) groups is 4.